The highest BCUT2D eigenvalue weighted by Crippen LogP contribution is 2.38. The summed E-state index contributed by atoms with van der Waals surface area (Å²) in [4.78, 5) is 0. The molecule has 1 heterocycles. The van der Waals surface area contributed by atoms with Gasteiger partial charge in [0.25, 0.3) is 0 Å². The first kappa shape index (κ1) is 15.8. The summed E-state index contributed by atoms with van der Waals surface area (Å²) in [7, 11) is 0. The SMILES string of the molecule is CCCCC1CCC(C2OCC(C#N)(CC)CO2)CC1. The van der Waals surface area contributed by atoms with Crippen LogP contribution in [0.2, 0.25) is 0 Å². The molecular formula is C17H29NO2. The smallest absolute Gasteiger partial charge is 0.160 e. The highest BCUT2D eigenvalue weighted by atomic mass is 16.7. The minimum Gasteiger partial charge on any atom is -0.351 e. The average molecular weight is 279 g/mol. The Morgan fingerprint density at radius 2 is 1.75 bits per heavy atom. The van der Waals surface area contributed by atoms with E-state index in [2.05, 4.69) is 13.0 Å². The normalized spacial score (nSPS) is 38.4. The van der Waals surface area contributed by atoms with Gasteiger partial charge in [-0.25, -0.2) is 0 Å². The molecular weight excluding hydrogens is 250 g/mol. The summed E-state index contributed by atoms with van der Waals surface area (Å²) < 4.78 is 11.8. The van der Waals surface area contributed by atoms with Gasteiger partial charge in [-0.3, -0.25) is 0 Å². The maximum atomic E-state index is 9.25. The van der Waals surface area contributed by atoms with Gasteiger partial charge in [0.1, 0.15) is 5.41 Å². The average Bonchev–Trinajstić information content (AvgIpc) is 2.53. The molecule has 1 aliphatic heterocycles. The summed E-state index contributed by atoms with van der Waals surface area (Å²) in [6, 6.07) is 2.37. The monoisotopic (exact) mass is 279 g/mol. The van der Waals surface area contributed by atoms with Crippen molar-refractivity contribution in [2.24, 2.45) is 17.3 Å². The van der Waals surface area contributed by atoms with Gasteiger partial charge in [0.15, 0.2) is 6.29 Å². The molecule has 1 aliphatic carbocycles. The first-order valence-corrected chi connectivity index (χ1v) is 8.37. The lowest BCUT2D eigenvalue weighted by molar-refractivity contribution is -0.243. The van der Waals surface area contributed by atoms with Crippen LogP contribution in [0.1, 0.15) is 65.2 Å². The standard InChI is InChI=1S/C17H29NO2/c1-3-5-6-14-7-9-15(10-8-14)16-19-12-17(4-2,11-18)13-20-16/h14-16H,3-10,12-13H2,1-2H3. The molecule has 0 N–H and O–H groups in total. The summed E-state index contributed by atoms with van der Waals surface area (Å²) in [6.07, 6.45) is 9.92. The van der Waals surface area contributed by atoms with Crippen molar-refractivity contribution in [3.05, 3.63) is 0 Å². The van der Waals surface area contributed by atoms with Gasteiger partial charge in [-0.15, -0.1) is 0 Å². The van der Waals surface area contributed by atoms with Crippen LogP contribution in [-0.2, 0) is 9.47 Å². The molecule has 0 aromatic carbocycles. The van der Waals surface area contributed by atoms with Crippen molar-refractivity contribution < 1.29 is 9.47 Å². The molecule has 0 amide bonds. The molecule has 3 heteroatoms. The van der Waals surface area contributed by atoms with Gasteiger partial charge < -0.3 is 9.47 Å². The molecule has 3 nitrogen and oxygen atoms in total. The van der Waals surface area contributed by atoms with E-state index in [-0.39, 0.29) is 6.29 Å². The van der Waals surface area contributed by atoms with Crippen LogP contribution in [0.25, 0.3) is 0 Å². The minimum atomic E-state index is -0.408. The maximum Gasteiger partial charge on any atom is 0.160 e. The zero-order chi connectivity index (χ0) is 14.4. The third-order valence-electron chi connectivity index (χ3n) is 5.20. The van der Waals surface area contributed by atoms with Crippen molar-refractivity contribution in [1.29, 1.82) is 5.26 Å². The Morgan fingerprint density at radius 3 is 2.25 bits per heavy atom. The lowest BCUT2D eigenvalue weighted by Gasteiger charge is -2.40. The highest BCUT2D eigenvalue weighted by Gasteiger charge is 2.39. The third-order valence-corrected chi connectivity index (χ3v) is 5.20. The van der Waals surface area contributed by atoms with E-state index in [1.165, 1.54) is 44.9 Å². The van der Waals surface area contributed by atoms with Gasteiger partial charge >= 0.3 is 0 Å². The van der Waals surface area contributed by atoms with Gasteiger partial charge in [-0.2, -0.15) is 5.26 Å². The first-order chi connectivity index (χ1) is 9.73. The molecule has 0 aromatic heterocycles. The van der Waals surface area contributed by atoms with Gasteiger partial charge in [0, 0.05) is 5.92 Å². The predicted molar refractivity (Wildman–Crippen MR) is 79.0 cm³/mol. The molecule has 114 valence electrons. The summed E-state index contributed by atoms with van der Waals surface area (Å²) in [5.74, 6) is 1.46. The van der Waals surface area contributed by atoms with Gasteiger partial charge in [-0.05, 0) is 38.0 Å². The van der Waals surface area contributed by atoms with Crippen LogP contribution in [0.3, 0.4) is 0 Å². The Labute approximate surface area is 123 Å². The molecule has 0 spiro atoms. The predicted octanol–water partition coefficient (Wildman–Crippen LogP) is 4.28. The quantitative estimate of drug-likeness (QED) is 0.754. The fourth-order valence-electron chi connectivity index (χ4n) is 3.43. The molecule has 1 saturated heterocycles. The van der Waals surface area contributed by atoms with E-state index < -0.39 is 5.41 Å². The van der Waals surface area contributed by atoms with Gasteiger partial charge in [-0.1, -0.05) is 33.1 Å². The molecule has 0 atom stereocenters. The van der Waals surface area contributed by atoms with E-state index in [0.717, 1.165) is 12.3 Å². The van der Waals surface area contributed by atoms with Crippen molar-refractivity contribution in [2.75, 3.05) is 13.2 Å². The number of hydrogen-bond donors (Lipinski definition) is 0. The largest absolute Gasteiger partial charge is 0.351 e. The van der Waals surface area contributed by atoms with E-state index in [1.54, 1.807) is 0 Å². The first-order valence-electron chi connectivity index (χ1n) is 8.37. The number of hydrogen-bond acceptors (Lipinski definition) is 3. The van der Waals surface area contributed by atoms with Crippen molar-refractivity contribution in [3.8, 4) is 6.07 Å². The van der Waals surface area contributed by atoms with Crippen LogP contribution in [0, 0.1) is 28.6 Å². The summed E-state index contributed by atoms with van der Waals surface area (Å²) in [5, 5.41) is 9.25. The van der Waals surface area contributed by atoms with Crippen LogP contribution in [-0.4, -0.2) is 19.5 Å². The van der Waals surface area contributed by atoms with E-state index in [1.807, 2.05) is 6.92 Å². The Balaban J connectivity index is 1.75. The Kier molecular flexibility index (Phi) is 5.86. The van der Waals surface area contributed by atoms with E-state index in [9.17, 15) is 5.26 Å². The van der Waals surface area contributed by atoms with Crippen LogP contribution < -0.4 is 0 Å². The Bertz CT molecular complexity index is 320. The van der Waals surface area contributed by atoms with Crippen molar-refractivity contribution in [1.82, 2.24) is 0 Å². The molecule has 2 aliphatic rings. The zero-order valence-corrected chi connectivity index (χ0v) is 13.1. The molecule has 1 saturated carbocycles. The zero-order valence-electron chi connectivity index (χ0n) is 13.1. The van der Waals surface area contributed by atoms with E-state index in [4.69, 9.17) is 9.47 Å². The van der Waals surface area contributed by atoms with Crippen LogP contribution >= 0.6 is 0 Å². The van der Waals surface area contributed by atoms with Crippen molar-refractivity contribution in [3.63, 3.8) is 0 Å². The lowest BCUT2D eigenvalue weighted by atomic mass is 9.79. The van der Waals surface area contributed by atoms with Crippen molar-refractivity contribution >= 4 is 0 Å². The molecule has 0 unspecified atom stereocenters. The highest BCUT2D eigenvalue weighted by molar-refractivity contribution is 5.00. The number of nitrogens with zero attached hydrogens (tertiary/aromatic N) is 1. The summed E-state index contributed by atoms with van der Waals surface area (Å²) in [5.41, 5.74) is -0.408. The fourth-order valence-corrected chi connectivity index (χ4v) is 3.43. The molecule has 0 radical (unpaired) electrons. The second kappa shape index (κ2) is 7.43. The Hall–Kier alpha value is -0.590. The number of nitriles is 1. The topological polar surface area (TPSA) is 42.2 Å². The van der Waals surface area contributed by atoms with Crippen LogP contribution in [0.4, 0.5) is 0 Å². The molecule has 2 fully saturated rings. The fraction of sp³-hybridized carbons (Fsp3) is 0.941. The van der Waals surface area contributed by atoms with E-state index in [0.29, 0.717) is 19.1 Å². The second-order valence-electron chi connectivity index (χ2n) is 6.66. The third kappa shape index (κ3) is 3.74. The van der Waals surface area contributed by atoms with Crippen LogP contribution in [0.5, 0.6) is 0 Å². The maximum absolute atomic E-state index is 9.25. The number of rotatable bonds is 5. The second-order valence-corrected chi connectivity index (χ2v) is 6.66. The minimum absolute atomic E-state index is 0.0600. The lowest BCUT2D eigenvalue weighted by Crippen LogP contribution is -2.44. The molecule has 2 rings (SSSR count). The molecule has 20 heavy (non-hydrogen) atoms. The van der Waals surface area contributed by atoms with E-state index >= 15 is 0 Å². The van der Waals surface area contributed by atoms with Crippen molar-refractivity contribution in [2.45, 2.75) is 71.5 Å². The number of unbranched alkanes of at least 4 members (excludes halogenated alkanes) is 1. The van der Waals surface area contributed by atoms with Gasteiger partial charge in [0.05, 0.1) is 19.3 Å². The molecule has 0 aromatic rings. The summed E-state index contributed by atoms with van der Waals surface area (Å²) >= 11 is 0. The molecule has 0 bridgehead atoms. The summed E-state index contributed by atoms with van der Waals surface area (Å²) in [6.45, 7) is 5.39. The Morgan fingerprint density at radius 1 is 1.10 bits per heavy atom. The van der Waals surface area contributed by atoms with Crippen LogP contribution in [0.15, 0.2) is 0 Å². The van der Waals surface area contributed by atoms with Gasteiger partial charge in [0.2, 0.25) is 0 Å². The number of ether oxygens (including phenoxy) is 2.